The summed E-state index contributed by atoms with van der Waals surface area (Å²) in [5.41, 5.74) is 8.51. The summed E-state index contributed by atoms with van der Waals surface area (Å²) in [6.45, 7) is 2.07. The first-order valence-corrected chi connectivity index (χ1v) is 5.76. The highest BCUT2D eigenvalue weighted by Gasteiger charge is 2.16. The number of aromatic nitrogens is 2. The largest absolute Gasteiger partial charge is 0.496 e. The molecule has 0 saturated heterocycles. The predicted molar refractivity (Wildman–Crippen MR) is 70.9 cm³/mol. The van der Waals surface area contributed by atoms with Crippen LogP contribution in [0.1, 0.15) is 12.5 Å². The van der Waals surface area contributed by atoms with Crippen molar-refractivity contribution in [2.75, 3.05) is 20.0 Å². The number of nitrogen functional groups attached to an aromatic ring is 1. The van der Waals surface area contributed by atoms with Crippen molar-refractivity contribution in [2.45, 2.75) is 13.3 Å². The number of ether oxygens (including phenoxy) is 2. The Morgan fingerprint density at radius 2 is 1.89 bits per heavy atom. The van der Waals surface area contributed by atoms with Gasteiger partial charge >= 0.3 is 0 Å². The molecule has 0 radical (unpaired) electrons. The second-order valence-electron chi connectivity index (χ2n) is 3.88. The molecule has 0 bridgehead atoms. The van der Waals surface area contributed by atoms with E-state index in [0.717, 1.165) is 34.7 Å². The summed E-state index contributed by atoms with van der Waals surface area (Å²) in [6, 6.07) is 5.57. The molecule has 1 aromatic heterocycles. The van der Waals surface area contributed by atoms with Crippen molar-refractivity contribution in [3.8, 4) is 22.8 Å². The van der Waals surface area contributed by atoms with E-state index < -0.39 is 0 Å². The van der Waals surface area contributed by atoms with E-state index in [1.54, 1.807) is 20.3 Å². The molecule has 0 spiro atoms. The maximum atomic E-state index is 5.66. The first-order chi connectivity index (χ1) is 8.71. The molecule has 5 nitrogen and oxygen atoms in total. The summed E-state index contributed by atoms with van der Waals surface area (Å²) >= 11 is 0. The Bertz CT molecular complexity index is 549. The Kier molecular flexibility index (Phi) is 3.41. The molecule has 2 aromatic rings. The maximum Gasteiger partial charge on any atom is 0.145 e. The Morgan fingerprint density at radius 3 is 2.39 bits per heavy atom. The van der Waals surface area contributed by atoms with E-state index in [2.05, 4.69) is 17.1 Å². The van der Waals surface area contributed by atoms with Crippen LogP contribution in [0.5, 0.6) is 11.5 Å². The molecule has 0 aliphatic carbocycles. The number of nitrogens with zero attached hydrogens (tertiary/aromatic N) is 1. The second kappa shape index (κ2) is 5.00. The molecule has 1 heterocycles. The fourth-order valence-corrected chi connectivity index (χ4v) is 2.08. The number of anilines is 1. The third-order valence-electron chi connectivity index (χ3n) is 2.89. The van der Waals surface area contributed by atoms with Crippen molar-refractivity contribution in [3.63, 3.8) is 0 Å². The van der Waals surface area contributed by atoms with Crippen LogP contribution in [0.4, 0.5) is 5.82 Å². The first kappa shape index (κ1) is 12.3. The van der Waals surface area contributed by atoms with Crippen LogP contribution in [-0.4, -0.2) is 24.4 Å². The third-order valence-corrected chi connectivity index (χ3v) is 2.89. The lowest BCUT2D eigenvalue weighted by atomic mass is 10.00. The summed E-state index contributed by atoms with van der Waals surface area (Å²) in [4.78, 5) is 0. The lowest BCUT2D eigenvalue weighted by Gasteiger charge is -2.15. The normalized spacial score (nSPS) is 10.4. The minimum atomic E-state index is 0.455. The minimum absolute atomic E-state index is 0.455. The molecule has 1 aromatic carbocycles. The van der Waals surface area contributed by atoms with Gasteiger partial charge in [-0.15, -0.1) is 0 Å². The molecule has 0 saturated carbocycles. The van der Waals surface area contributed by atoms with Crippen molar-refractivity contribution in [1.82, 2.24) is 10.2 Å². The van der Waals surface area contributed by atoms with Crippen LogP contribution in [0.3, 0.4) is 0 Å². The third kappa shape index (κ3) is 1.99. The van der Waals surface area contributed by atoms with Crippen LogP contribution < -0.4 is 15.2 Å². The molecular formula is C13H17N3O2. The lowest BCUT2D eigenvalue weighted by Crippen LogP contribution is -1.98. The molecule has 0 fully saturated rings. The Balaban J connectivity index is 2.68. The fourth-order valence-electron chi connectivity index (χ4n) is 2.08. The molecule has 0 aliphatic heterocycles. The zero-order valence-corrected chi connectivity index (χ0v) is 10.8. The van der Waals surface area contributed by atoms with Crippen LogP contribution in [0.15, 0.2) is 18.2 Å². The number of nitrogens with one attached hydrogen (secondary N) is 1. The average molecular weight is 247 g/mol. The number of hydrogen-bond donors (Lipinski definition) is 2. The first-order valence-electron chi connectivity index (χ1n) is 5.76. The molecule has 96 valence electrons. The molecule has 2 rings (SSSR count). The van der Waals surface area contributed by atoms with Gasteiger partial charge in [0.2, 0.25) is 0 Å². The molecule has 3 N–H and O–H groups in total. The van der Waals surface area contributed by atoms with Crippen LogP contribution in [0.2, 0.25) is 0 Å². The van der Waals surface area contributed by atoms with Crippen molar-refractivity contribution >= 4 is 5.82 Å². The molecule has 0 atom stereocenters. The molecule has 0 aliphatic rings. The number of benzene rings is 1. The zero-order chi connectivity index (χ0) is 13.1. The number of nitrogens with two attached hydrogens (primary N) is 1. The smallest absolute Gasteiger partial charge is 0.145 e. The summed E-state index contributed by atoms with van der Waals surface area (Å²) in [6.07, 6.45) is 0.828. The molecule has 0 unspecified atom stereocenters. The van der Waals surface area contributed by atoms with E-state index in [9.17, 15) is 0 Å². The number of methoxy groups -OCH3 is 2. The van der Waals surface area contributed by atoms with Gasteiger partial charge in [-0.1, -0.05) is 6.92 Å². The molecular weight excluding hydrogens is 230 g/mol. The highest BCUT2D eigenvalue weighted by Crippen LogP contribution is 2.38. The van der Waals surface area contributed by atoms with E-state index in [1.165, 1.54) is 0 Å². The Morgan fingerprint density at radius 1 is 1.22 bits per heavy atom. The SMILES string of the molecule is CCc1c(OC)ccc(OC)c1-c1cc(N)n[nH]1. The van der Waals surface area contributed by atoms with E-state index in [-0.39, 0.29) is 0 Å². The van der Waals surface area contributed by atoms with Crippen LogP contribution >= 0.6 is 0 Å². The van der Waals surface area contributed by atoms with Gasteiger partial charge in [-0.3, -0.25) is 5.10 Å². The lowest BCUT2D eigenvalue weighted by molar-refractivity contribution is 0.400. The van der Waals surface area contributed by atoms with Gasteiger partial charge in [-0.2, -0.15) is 5.10 Å². The van der Waals surface area contributed by atoms with Gasteiger partial charge in [0.05, 0.1) is 19.9 Å². The van der Waals surface area contributed by atoms with Crippen LogP contribution in [0.25, 0.3) is 11.3 Å². The van der Waals surface area contributed by atoms with E-state index >= 15 is 0 Å². The van der Waals surface area contributed by atoms with Gasteiger partial charge in [0.1, 0.15) is 17.3 Å². The Hall–Kier alpha value is -2.17. The molecule has 0 amide bonds. The highest BCUT2D eigenvalue weighted by molar-refractivity contribution is 5.75. The van der Waals surface area contributed by atoms with Gasteiger partial charge in [0.25, 0.3) is 0 Å². The van der Waals surface area contributed by atoms with E-state index in [1.807, 2.05) is 12.1 Å². The number of hydrogen-bond acceptors (Lipinski definition) is 4. The Labute approximate surface area is 106 Å². The van der Waals surface area contributed by atoms with Crippen molar-refractivity contribution in [1.29, 1.82) is 0 Å². The van der Waals surface area contributed by atoms with Gasteiger partial charge in [0.15, 0.2) is 0 Å². The summed E-state index contributed by atoms with van der Waals surface area (Å²) in [5, 5.41) is 6.87. The van der Waals surface area contributed by atoms with Gasteiger partial charge in [0, 0.05) is 17.2 Å². The fraction of sp³-hybridized carbons (Fsp3) is 0.308. The monoisotopic (exact) mass is 247 g/mol. The maximum absolute atomic E-state index is 5.66. The van der Waals surface area contributed by atoms with Crippen LogP contribution in [-0.2, 0) is 6.42 Å². The topological polar surface area (TPSA) is 73.2 Å². The van der Waals surface area contributed by atoms with Crippen molar-refractivity contribution in [3.05, 3.63) is 23.8 Å². The standard InChI is InChI=1S/C13H17N3O2/c1-4-8-10(17-2)5-6-11(18-3)13(8)9-7-12(14)16-15-9/h5-7H,4H2,1-3H3,(H3,14,15,16). The number of rotatable bonds is 4. The van der Waals surface area contributed by atoms with Gasteiger partial charge in [-0.05, 0) is 18.6 Å². The van der Waals surface area contributed by atoms with E-state index in [4.69, 9.17) is 15.2 Å². The summed E-state index contributed by atoms with van der Waals surface area (Å²) < 4.78 is 10.8. The van der Waals surface area contributed by atoms with Gasteiger partial charge in [-0.25, -0.2) is 0 Å². The van der Waals surface area contributed by atoms with Gasteiger partial charge < -0.3 is 15.2 Å². The highest BCUT2D eigenvalue weighted by atomic mass is 16.5. The van der Waals surface area contributed by atoms with Crippen LogP contribution in [0, 0.1) is 0 Å². The predicted octanol–water partition coefficient (Wildman–Crippen LogP) is 2.24. The summed E-state index contributed by atoms with van der Waals surface area (Å²) in [7, 11) is 3.30. The number of H-pyrrole nitrogens is 1. The van der Waals surface area contributed by atoms with E-state index in [0.29, 0.717) is 5.82 Å². The van der Waals surface area contributed by atoms with Crippen molar-refractivity contribution < 1.29 is 9.47 Å². The number of aromatic amines is 1. The quantitative estimate of drug-likeness (QED) is 0.869. The zero-order valence-electron chi connectivity index (χ0n) is 10.8. The van der Waals surface area contributed by atoms with Crippen molar-refractivity contribution in [2.24, 2.45) is 0 Å². The second-order valence-corrected chi connectivity index (χ2v) is 3.88. The minimum Gasteiger partial charge on any atom is -0.496 e. The summed E-state index contributed by atoms with van der Waals surface area (Å²) in [5.74, 6) is 2.06. The average Bonchev–Trinajstić information content (AvgIpc) is 2.83. The molecule has 5 heteroatoms. The molecule has 18 heavy (non-hydrogen) atoms.